The van der Waals surface area contributed by atoms with Crippen molar-refractivity contribution in [3.8, 4) is 5.75 Å². The number of rotatable bonds is 7. The van der Waals surface area contributed by atoms with Crippen LogP contribution in [0.25, 0.3) is 0 Å². The first-order valence-corrected chi connectivity index (χ1v) is 7.38. The second-order valence-corrected chi connectivity index (χ2v) is 5.11. The lowest BCUT2D eigenvalue weighted by Crippen LogP contribution is -1.95. The van der Waals surface area contributed by atoms with Gasteiger partial charge in [0.2, 0.25) is 0 Å². The van der Waals surface area contributed by atoms with Crippen LogP contribution >= 0.6 is 0 Å². The smallest absolute Gasteiger partial charge is 0.118 e. The Morgan fingerprint density at radius 2 is 1.60 bits per heavy atom. The molecule has 106 valence electrons. The van der Waals surface area contributed by atoms with Gasteiger partial charge in [-0.1, -0.05) is 31.5 Å². The van der Waals surface area contributed by atoms with E-state index in [-0.39, 0.29) is 0 Å². The van der Waals surface area contributed by atoms with Crippen LogP contribution in [0.15, 0.2) is 42.6 Å². The van der Waals surface area contributed by atoms with E-state index in [0.717, 1.165) is 25.0 Å². The summed E-state index contributed by atoms with van der Waals surface area (Å²) in [6, 6.07) is 12.7. The summed E-state index contributed by atoms with van der Waals surface area (Å²) < 4.78 is 5.17. The van der Waals surface area contributed by atoms with Gasteiger partial charge in [0.25, 0.3) is 0 Å². The molecule has 0 aliphatic heterocycles. The van der Waals surface area contributed by atoms with Crippen LogP contribution < -0.4 is 4.74 Å². The molecule has 0 fully saturated rings. The summed E-state index contributed by atoms with van der Waals surface area (Å²) in [4.78, 5) is 4.54. The molecule has 2 heteroatoms. The summed E-state index contributed by atoms with van der Waals surface area (Å²) >= 11 is 0. The van der Waals surface area contributed by atoms with E-state index in [2.05, 4.69) is 36.2 Å². The molecule has 0 radical (unpaired) electrons. The predicted octanol–water partition coefficient (Wildman–Crippen LogP) is 4.22. The fourth-order valence-electron chi connectivity index (χ4n) is 2.19. The van der Waals surface area contributed by atoms with E-state index in [1.807, 2.05) is 18.3 Å². The number of ether oxygens (including phenoxy) is 1. The van der Waals surface area contributed by atoms with Gasteiger partial charge < -0.3 is 4.74 Å². The average molecular weight is 269 g/mol. The number of unbranched alkanes of at least 4 members (excludes halogenated alkanes) is 1. The molecule has 0 saturated heterocycles. The molecule has 2 rings (SSSR count). The maximum atomic E-state index is 5.17. The van der Waals surface area contributed by atoms with E-state index < -0.39 is 0 Å². The van der Waals surface area contributed by atoms with Gasteiger partial charge in [0.05, 0.1) is 7.11 Å². The Morgan fingerprint density at radius 1 is 0.900 bits per heavy atom. The highest BCUT2D eigenvalue weighted by atomic mass is 16.5. The van der Waals surface area contributed by atoms with Gasteiger partial charge in [-0.25, -0.2) is 0 Å². The molecular weight excluding hydrogens is 246 g/mol. The monoisotopic (exact) mass is 269 g/mol. The molecule has 20 heavy (non-hydrogen) atoms. The summed E-state index contributed by atoms with van der Waals surface area (Å²) in [5.41, 5.74) is 3.85. The fraction of sp³-hybridized carbons (Fsp3) is 0.389. The lowest BCUT2D eigenvalue weighted by atomic mass is 10.0. The Balaban J connectivity index is 1.86. The topological polar surface area (TPSA) is 22.1 Å². The zero-order valence-corrected chi connectivity index (χ0v) is 12.4. The van der Waals surface area contributed by atoms with Crippen molar-refractivity contribution in [3.63, 3.8) is 0 Å². The average Bonchev–Trinajstić information content (AvgIpc) is 2.52. The van der Waals surface area contributed by atoms with E-state index in [0.29, 0.717) is 0 Å². The van der Waals surface area contributed by atoms with Crippen molar-refractivity contribution in [2.24, 2.45) is 0 Å². The van der Waals surface area contributed by atoms with Crippen molar-refractivity contribution < 1.29 is 4.74 Å². The Kier molecular flexibility index (Phi) is 5.60. The van der Waals surface area contributed by atoms with Crippen LogP contribution in [0.1, 0.15) is 36.6 Å². The van der Waals surface area contributed by atoms with Crippen molar-refractivity contribution in [2.75, 3.05) is 7.11 Å². The van der Waals surface area contributed by atoms with Gasteiger partial charge in [0, 0.05) is 11.9 Å². The second-order valence-electron chi connectivity index (χ2n) is 5.11. The predicted molar refractivity (Wildman–Crippen MR) is 83.3 cm³/mol. The van der Waals surface area contributed by atoms with Crippen molar-refractivity contribution in [1.82, 2.24) is 4.98 Å². The molecule has 0 N–H and O–H groups in total. The first-order chi connectivity index (χ1) is 9.81. The molecule has 2 nitrogen and oxygen atoms in total. The molecule has 0 aliphatic rings. The summed E-state index contributed by atoms with van der Waals surface area (Å²) in [5.74, 6) is 0.913. The summed E-state index contributed by atoms with van der Waals surface area (Å²) in [6.07, 6.45) is 7.64. The highest BCUT2D eigenvalue weighted by Gasteiger charge is 1.99. The number of nitrogens with zero attached hydrogens (tertiary/aromatic N) is 1. The van der Waals surface area contributed by atoms with Crippen LogP contribution in [0.2, 0.25) is 0 Å². The van der Waals surface area contributed by atoms with Crippen molar-refractivity contribution in [1.29, 1.82) is 0 Å². The molecule has 1 aromatic heterocycles. The van der Waals surface area contributed by atoms with E-state index in [1.165, 1.54) is 29.7 Å². The first kappa shape index (κ1) is 14.6. The molecule has 0 bridgehead atoms. The van der Waals surface area contributed by atoms with Crippen molar-refractivity contribution in [2.45, 2.75) is 39.0 Å². The molecule has 0 atom stereocenters. The quantitative estimate of drug-likeness (QED) is 0.751. The largest absolute Gasteiger partial charge is 0.497 e. The molecule has 1 aromatic carbocycles. The molecule has 0 aliphatic carbocycles. The number of pyridine rings is 1. The van der Waals surface area contributed by atoms with Crippen LogP contribution in [0.5, 0.6) is 5.75 Å². The molecule has 0 saturated carbocycles. The minimum atomic E-state index is 0.913. The Hall–Kier alpha value is -1.83. The van der Waals surface area contributed by atoms with Gasteiger partial charge in [0.15, 0.2) is 0 Å². The molecule has 2 aromatic rings. The third-order valence-electron chi connectivity index (χ3n) is 3.53. The maximum absolute atomic E-state index is 5.17. The van der Waals surface area contributed by atoms with E-state index in [4.69, 9.17) is 4.74 Å². The highest BCUT2D eigenvalue weighted by molar-refractivity contribution is 5.28. The standard InChI is InChI=1S/C18H23NO/c1-3-4-5-17-11-8-16(14-19-17)7-6-15-9-12-18(20-2)13-10-15/h8-14H,3-7H2,1-2H3. The third kappa shape index (κ3) is 4.37. The molecule has 0 spiro atoms. The molecule has 0 unspecified atom stereocenters. The lowest BCUT2D eigenvalue weighted by Gasteiger charge is -2.05. The van der Waals surface area contributed by atoms with Gasteiger partial charge in [-0.2, -0.15) is 0 Å². The Morgan fingerprint density at radius 3 is 2.20 bits per heavy atom. The number of aromatic nitrogens is 1. The van der Waals surface area contributed by atoms with Gasteiger partial charge >= 0.3 is 0 Å². The maximum Gasteiger partial charge on any atom is 0.118 e. The van der Waals surface area contributed by atoms with Crippen LogP contribution in [-0.4, -0.2) is 12.1 Å². The van der Waals surface area contributed by atoms with Crippen LogP contribution in [0, 0.1) is 0 Å². The minimum absolute atomic E-state index is 0.913. The molecule has 1 heterocycles. The summed E-state index contributed by atoms with van der Waals surface area (Å²) in [6.45, 7) is 2.21. The third-order valence-corrected chi connectivity index (χ3v) is 3.53. The SMILES string of the molecule is CCCCc1ccc(CCc2ccc(OC)cc2)cn1. The van der Waals surface area contributed by atoms with Crippen LogP contribution in [0.3, 0.4) is 0 Å². The zero-order chi connectivity index (χ0) is 14.2. The number of benzene rings is 1. The Bertz CT molecular complexity index is 502. The van der Waals surface area contributed by atoms with Crippen molar-refractivity contribution >= 4 is 0 Å². The van der Waals surface area contributed by atoms with E-state index in [1.54, 1.807) is 7.11 Å². The van der Waals surface area contributed by atoms with Crippen LogP contribution in [0.4, 0.5) is 0 Å². The van der Waals surface area contributed by atoms with E-state index in [9.17, 15) is 0 Å². The number of hydrogen-bond acceptors (Lipinski definition) is 2. The normalized spacial score (nSPS) is 10.5. The van der Waals surface area contributed by atoms with Gasteiger partial charge in [-0.15, -0.1) is 0 Å². The number of aryl methyl sites for hydroxylation is 3. The molecular formula is C18H23NO. The van der Waals surface area contributed by atoms with Crippen LogP contribution in [-0.2, 0) is 19.3 Å². The highest BCUT2D eigenvalue weighted by Crippen LogP contribution is 2.13. The Labute approximate surface area is 121 Å². The minimum Gasteiger partial charge on any atom is -0.497 e. The van der Waals surface area contributed by atoms with Gasteiger partial charge in [-0.3, -0.25) is 4.98 Å². The van der Waals surface area contributed by atoms with Gasteiger partial charge in [0.1, 0.15) is 5.75 Å². The second kappa shape index (κ2) is 7.68. The first-order valence-electron chi connectivity index (χ1n) is 7.38. The van der Waals surface area contributed by atoms with Crippen molar-refractivity contribution in [3.05, 3.63) is 59.4 Å². The number of hydrogen-bond donors (Lipinski definition) is 0. The lowest BCUT2D eigenvalue weighted by molar-refractivity contribution is 0.414. The van der Waals surface area contributed by atoms with Gasteiger partial charge in [-0.05, 0) is 55.0 Å². The summed E-state index contributed by atoms with van der Waals surface area (Å²) in [5, 5.41) is 0. The molecule has 0 amide bonds. The fourth-order valence-corrected chi connectivity index (χ4v) is 2.19. The summed E-state index contributed by atoms with van der Waals surface area (Å²) in [7, 11) is 1.70. The van der Waals surface area contributed by atoms with E-state index >= 15 is 0 Å². The zero-order valence-electron chi connectivity index (χ0n) is 12.4. The number of methoxy groups -OCH3 is 1.